The second-order valence-electron chi connectivity index (χ2n) is 8.82. The molecule has 4 rings (SSSR count). The minimum atomic E-state index is -0.791. The first-order valence-electron chi connectivity index (χ1n) is 11.8. The Morgan fingerprint density at radius 2 is 1.75 bits per heavy atom. The van der Waals surface area contributed by atoms with Gasteiger partial charge in [0.25, 0.3) is 0 Å². The zero-order valence-electron chi connectivity index (χ0n) is 18.8. The van der Waals surface area contributed by atoms with E-state index in [2.05, 4.69) is 37.3 Å². The average Bonchev–Trinajstić information content (AvgIpc) is 3.65. The molecule has 0 N–H and O–H groups in total. The Balaban J connectivity index is 1.26. The summed E-state index contributed by atoms with van der Waals surface area (Å²) in [6.45, 7) is 2.54. The Morgan fingerprint density at radius 1 is 0.969 bits per heavy atom. The second kappa shape index (κ2) is 10.9. The molecule has 0 radical (unpaired) electrons. The first kappa shape index (κ1) is 22.7. The second-order valence-corrected chi connectivity index (χ2v) is 8.82. The lowest BCUT2D eigenvalue weighted by Gasteiger charge is -2.19. The molecule has 1 saturated heterocycles. The number of benzene rings is 2. The molecule has 2 aliphatic rings. The van der Waals surface area contributed by atoms with Crippen LogP contribution in [0.15, 0.2) is 72.4 Å². The predicted octanol–water partition coefficient (Wildman–Crippen LogP) is 8.27. The van der Waals surface area contributed by atoms with Crippen molar-refractivity contribution in [2.75, 3.05) is 6.61 Å². The molecule has 168 valence electrons. The Bertz CT molecular complexity index is 997. The van der Waals surface area contributed by atoms with Gasteiger partial charge in [0.1, 0.15) is 6.10 Å². The molecule has 2 aromatic carbocycles. The number of aryl methyl sites for hydroxylation is 1. The monoisotopic (exact) mass is 434 g/mol. The summed E-state index contributed by atoms with van der Waals surface area (Å²) in [5.74, 6) is -0.924. The maximum Gasteiger partial charge on any atom is 0.167 e. The van der Waals surface area contributed by atoms with Gasteiger partial charge in [0.2, 0.25) is 0 Å². The van der Waals surface area contributed by atoms with E-state index in [0.717, 1.165) is 25.7 Å². The first-order valence-corrected chi connectivity index (χ1v) is 11.8. The van der Waals surface area contributed by atoms with Gasteiger partial charge < -0.3 is 4.74 Å². The van der Waals surface area contributed by atoms with E-state index in [4.69, 9.17) is 4.74 Å². The third kappa shape index (κ3) is 5.83. The maximum absolute atomic E-state index is 14.5. The van der Waals surface area contributed by atoms with Gasteiger partial charge in [-0.15, -0.1) is 0 Å². The van der Waals surface area contributed by atoms with Crippen LogP contribution in [-0.2, 0) is 11.2 Å². The lowest BCUT2D eigenvalue weighted by molar-refractivity contribution is 0.401. The summed E-state index contributed by atoms with van der Waals surface area (Å²) >= 11 is 0. The molecule has 0 spiro atoms. The fourth-order valence-corrected chi connectivity index (χ4v) is 4.40. The van der Waals surface area contributed by atoms with Gasteiger partial charge in [0.15, 0.2) is 11.6 Å². The molecule has 3 heteroatoms. The molecule has 1 heterocycles. The minimum Gasteiger partial charge on any atom is -0.368 e. The van der Waals surface area contributed by atoms with Crippen molar-refractivity contribution in [3.8, 4) is 11.1 Å². The van der Waals surface area contributed by atoms with Crippen LogP contribution in [0.5, 0.6) is 0 Å². The summed E-state index contributed by atoms with van der Waals surface area (Å²) in [5.41, 5.74) is 4.13. The van der Waals surface area contributed by atoms with Crippen molar-refractivity contribution < 1.29 is 13.5 Å². The van der Waals surface area contributed by atoms with Crippen LogP contribution in [0.4, 0.5) is 8.78 Å². The summed E-state index contributed by atoms with van der Waals surface area (Å²) in [6.07, 6.45) is 19.1. The zero-order chi connectivity index (χ0) is 22.3. The lowest BCUT2D eigenvalue weighted by atomic mass is 9.87. The van der Waals surface area contributed by atoms with Crippen molar-refractivity contribution in [2.45, 2.75) is 58.0 Å². The van der Waals surface area contributed by atoms with Crippen molar-refractivity contribution in [3.05, 3.63) is 95.1 Å². The maximum atomic E-state index is 14.5. The third-order valence-electron chi connectivity index (χ3n) is 6.48. The van der Waals surface area contributed by atoms with Gasteiger partial charge in [0, 0.05) is 11.1 Å². The largest absolute Gasteiger partial charge is 0.368 e. The molecular weight excluding hydrogens is 402 g/mol. The van der Waals surface area contributed by atoms with Gasteiger partial charge in [0.05, 0.1) is 6.61 Å². The van der Waals surface area contributed by atoms with E-state index in [1.54, 1.807) is 17.7 Å². The number of epoxide rings is 1. The Labute approximate surface area is 190 Å². The molecule has 1 aliphatic heterocycles. The molecule has 0 saturated carbocycles. The highest BCUT2D eigenvalue weighted by molar-refractivity contribution is 5.65. The van der Waals surface area contributed by atoms with Crippen LogP contribution in [0, 0.1) is 17.6 Å². The number of allylic oxidation sites excluding steroid dienone is 6. The van der Waals surface area contributed by atoms with Gasteiger partial charge in [-0.1, -0.05) is 72.4 Å². The van der Waals surface area contributed by atoms with Gasteiger partial charge in [-0.05, 0) is 68.9 Å². The van der Waals surface area contributed by atoms with Gasteiger partial charge in [-0.3, -0.25) is 0 Å². The van der Waals surface area contributed by atoms with Crippen LogP contribution in [-0.4, -0.2) is 6.61 Å². The van der Waals surface area contributed by atoms with Gasteiger partial charge in [-0.25, -0.2) is 8.78 Å². The van der Waals surface area contributed by atoms with Crippen LogP contribution in [0.3, 0.4) is 0 Å². The molecule has 1 aliphatic carbocycles. The third-order valence-corrected chi connectivity index (χ3v) is 6.48. The Hall–Kier alpha value is -2.52. The summed E-state index contributed by atoms with van der Waals surface area (Å²) in [6, 6.07) is 11.1. The number of hydrogen-bond donors (Lipinski definition) is 0. The van der Waals surface area contributed by atoms with E-state index in [9.17, 15) is 8.78 Å². The standard InChI is InChI=1S/C29H32F2O/c1-2-3-4-7-21-10-12-22(13-11-21)8-5-6-9-23-14-16-24(17-15-23)25-18-19-26(27-20-32-27)29(31)28(25)30/h2-3,5,8,10,14-19,22,27H,4,6-7,9,11-13,20H2,1H3/b3-2+,8-5+. The van der Waals surface area contributed by atoms with Gasteiger partial charge in [-0.2, -0.15) is 0 Å². The quantitative estimate of drug-likeness (QED) is 0.286. The van der Waals surface area contributed by atoms with E-state index in [1.165, 1.54) is 24.8 Å². The van der Waals surface area contributed by atoms with Crippen molar-refractivity contribution in [3.63, 3.8) is 0 Å². The van der Waals surface area contributed by atoms with Crippen molar-refractivity contribution in [2.24, 2.45) is 5.92 Å². The van der Waals surface area contributed by atoms with Crippen molar-refractivity contribution in [1.82, 2.24) is 0 Å². The summed E-state index contributed by atoms with van der Waals surface area (Å²) < 4.78 is 33.9. The van der Waals surface area contributed by atoms with Crippen molar-refractivity contribution in [1.29, 1.82) is 0 Å². The topological polar surface area (TPSA) is 12.5 Å². The van der Waals surface area contributed by atoms with E-state index in [0.29, 0.717) is 29.2 Å². The molecule has 1 nitrogen and oxygen atoms in total. The molecule has 0 bridgehead atoms. The molecule has 2 atom stereocenters. The van der Waals surface area contributed by atoms with Crippen LogP contribution in [0.25, 0.3) is 11.1 Å². The molecule has 2 unspecified atom stereocenters. The molecule has 32 heavy (non-hydrogen) atoms. The highest BCUT2D eigenvalue weighted by atomic mass is 19.2. The molecule has 0 aromatic heterocycles. The SMILES string of the molecule is C/C=C/CCC1=CCC(/C=C/CCc2ccc(-c3ccc(C4CO4)c(F)c3F)cc2)CC1. The van der Waals surface area contributed by atoms with Gasteiger partial charge >= 0.3 is 0 Å². The van der Waals surface area contributed by atoms with E-state index in [1.807, 2.05) is 24.3 Å². The minimum absolute atomic E-state index is 0.288. The molecule has 1 fully saturated rings. The molecule has 0 amide bonds. The number of hydrogen-bond acceptors (Lipinski definition) is 1. The highest BCUT2D eigenvalue weighted by Crippen LogP contribution is 2.35. The summed E-state index contributed by atoms with van der Waals surface area (Å²) in [4.78, 5) is 0. The van der Waals surface area contributed by atoms with E-state index in [-0.39, 0.29) is 6.10 Å². The predicted molar refractivity (Wildman–Crippen MR) is 127 cm³/mol. The number of halogens is 2. The number of rotatable bonds is 9. The fourth-order valence-electron chi connectivity index (χ4n) is 4.40. The summed E-state index contributed by atoms with van der Waals surface area (Å²) in [7, 11) is 0. The zero-order valence-corrected chi connectivity index (χ0v) is 18.8. The normalized spacial score (nSPS) is 20.8. The van der Waals surface area contributed by atoms with Crippen LogP contribution < -0.4 is 0 Å². The van der Waals surface area contributed by atoms with E-state index < -0.39 is 11.6 Å². The smallest absolute Gasteiger partial charge is 0.167 e. The molecular formula is C29H32F2O. The summed E-state index contributed by atoms with van der Waals surface area (Å²) in [5, 5.41) is 0. The first-order chi connectivity index (χ1) is 15.7. The lowest BCUT2D eigenvalue weighted by Crippen LogP contribution is -2.03. The average molecular weight is 435 g/mol. The van der Waals surface area contributed by atoms with Crippen LogP contribution in [0.1, 0.15) is 62.7 Å². The number of ether oxygens (including phenoxy) is 1. The van der Waals surface area contributed by atoms with Crippen LogP contribution >= 0.6 is 0 Å². The molecule has 2 aromatic rings. The Kier molecular flexibility index (Phi) is 7.70. The highest BCUT2D eigenvalue weighted by Gasteiger charge is 2.30. The van der Waals surface area contributed by atoms with E-state index >= 15 is 0 Å². The van der Waals surface area contributed by atoms with Crippen molar-refractivity contribution >= 4 is 0 Å². The Morgan fingerprint density at radius 3 is 2.44 bits per heavy atom. The van der Waals surface area contributed by atoms with Crippen LogP contribution in [0.2, 0.25) is 0 Å². The fraction of sp³-hybridized carbons (Fsp3) is 0.379.